The molecule has 2 rings (SSSR count). The van der Waals surface area contributed by atoms with Gasteiger partial charge in [-0.15, -0.1) is 0 Å². The van der Waals surface area contributed by atoms with E-state index in [1.807, 2.05) is 13.8 Å². The van der Waals surface area contributed by atoms with E-state index < -0.39 is 10.0 Å². The number of benzene rings is 1. The van der Waals surface area contributed by atoms with Crippen LogP contribution in [0.15, 0.2) is 23.1 Å². The van der Waals surface area contributed by atoms with E-state index in [1.54, 1.807) is 4.90 Å². The molecule has 1 aromatic carbocycles. The maximum Gasteiger partial charge on any atom is 0.257 e. The van der Waals surface area contributed by atoms with Crippen LogP contribution in [0.3, 0.4) is 0 Å². The lowest BCUT2D eigenvalue weighted by Crippen LogP contribution is -2.41. The summed E-state index contributed by atoms with van der Waals surface area (Å²) in [6.45, 7) is 5.76. The monoisotopic (exact) mass is 370 g/mol. The van der Waals surface area contributed by atoms with Crippen molar-refractivity contribution in [2.45, 2.75) is 37.6 Å². The lowest BCUT2D eigenvalue weighted by molar-refractivity contribution is 0.0300. The third-order valence-electron chi connectivity index (χ3n) is 4.32. The molecule has 0 unspecified atom stereocenters. The van der Waals surface area contributed by atoms with Crippen LogP contribution in [0.5, 0.6) is 5.75 Å². The SMILES string of the molecule is CCC(CC)NS(=O)(=O)c1ccc(OC)c(C(=O)N2CCOCC2)c1. The van der Waals surface area contributed by atoms with E-state index in [-0.39, 0.29) is 22.4 Å². The Balaban J connectivity index is 2.34. The van der Waals surface area contributed by atoms with Crippen LogP contribution in [0, 0.1) is 0 Å². The highest BCUT2D eigenvalue weighted by Crippen LogP contribution is 2.24. The van der Waals surface area contributed by atoms with Gasteiger partial charge < -0.3 is 14.4 Å². The number of nitrogens with one attached hydrogen (secondary N) is 1. The summed E-state index contributed by atoms with van der Waals surface area (Å²) in [4.78, 5) is 14.5. The van der Waals surface area contributed by atoms with Crippen molar-refractivity contribution in [1.29, 1.82) is 0 Å². The Labute approximate surface area is 149 Å². The number of amides is 1. The summed E-state index contributed by atoms with van der Waals surface area (Å²) in [6, 6.07) is 4.24. The van der Waals surface area contributed by atoms with Gasteiger partial charge in [-0.2, -0.15) is 0 Å². The van der Waals surface area contributed by atoms with E-state index in [0.29, 0.717) is 44.9 Å². The van der Waals surface area contributed by atoms with Crippen LogP contribution in [0.25, 0.3) is 0 Å². The Bertz CT molecular complexity index is 695. The topological polar surface area (TPSA) is 84.9 Å². The third kappa shape index (κ3) is 4.71. The smallest absolute Gasteiger partial charge is 0.257 e. The van der Waals surface area contributed by atoms with Crippen LogP contribution in [0.2, 0.25) is 0 Å². The van der Waals surface area contributed by atoms with Crippen LogP contribution >= 0.6 is 0 Å². The fourth-order valence-corrected chi connectivity index (χ4v) is 4.13. The van der Waals surface area contributed by atoms with Gasteiger partial charge in [0, 0.05) is 19.1 Å². The van der Waals surface area contributed by atoms with Crippen LogP contribution in [-0.4, -0.2) is 58.7 Å². The molecule has 25 heavy (non-hydrogen) atoms. The summed E-state index contributed by atoms with van der Waals surface area (Å²) < 4.78 is 38.4. The van der Waals surface area contributed by atoms with Crippen LogP contribution in [0.4, 0.5) is 0 Å². The number of rotatable bonds is 7. The van der Waals surface area contributed by atoms with Gasteiger partial charge in [0.1, 0.15) is 5.75 Å². The van der Waals surface area contributed by atoms with Gasteiger partial charge in [-0.25, -0.2) is 13.1 Å². The first-order chi connectivity index (χ1) is 11.9. The summed E-state index contributed by atoms with van der Waals surface area (Å²) >= 11 is 0. The molecule has 7 nitrogen and oxygen atoms in total. The number of methoxy groups -OCH3 is 1. The van der Waals surface area contributed by atoms with Crippen LogP contribution in [-0.2, 0) is 14.8 Å². The van der Waals surface area contributed by atoms with Gasteiger partial charge in [-0.05, 0) is 31.0 Å². The normalized spacial score (nSPS) is 15.4. The largest absolute Gasteiger partial charge is 0.496 e. The van der Waals surface area contributed by atoms with Crippen molar-refractivity contribution in [3.8, 4) is 5.75 Å². The summed E-state index contributed by atoms with van der Waals surface area (Å²) in [7, 11) is -2.24. The van der Waals surface area contributed by atoms with Gasteiger partial charge >= 0.3 is 0 Å². The molecule has 0 aromatic heterocycles. The van der Waals surface area contributed by atoms with E-state index in [2.05, 4.69) is 4.72 Å². The average Bonchev–Trinajstić information content (AvgIpc) is 2.65. The molecule has 1 aliphatic heterocycles. The molecule has 140 valence electrons. The Morgan fingerprint density at radius 3 is 2.48 bits per heavy atom. The van der Waals surface area contributed by atoms with E-state index in [0.717, 1.165) is 0 Å². The third-order valence-corrected chi connectivity index (χ3v) is 5.84. The van der Waals surface area contributed by atoms with Crippen molar-refractivity contribution in [2.24, 2.45) is 0 Å². The molecule has 1 saturated heterocycles. The van der Waals surface area contributed by atoms with Gasteiger partial charge in [-0.1, -0.05) is 13.8 Å². The predicted octanol–water partition coefficient (Wildman–Crippen LogP) is 1.63. The first-order valence-corrected chi connectivity index (χ1v) is 9.98. The predicted molar refractivity (Wildman–Crippen MR) is 94.4 cm³/mol. The number of sulfonamides is 1. The van der Waals surface area contributed by atoms with Crippen molar-refractivity contribution < 1.29 is 22.7 Å². The number of morpholine rings is 1. The number of hydrogen-bond donors (Lipinski definition) is 1. The highest BCUT2D eigenvalue weighted by molar-refractivity contribution is 7.89. The Morgan fingerprint density at radius 2 is 1.92 bits per heavy atom. The Hall–Kier alpha value is -1.64. The highest BCUT2D eigenvalue weighted by atomic mass is 32.2. The summed E-state index contributed by atoms with van der Waals surface area (Å²) in [6.07, 6.45) is 1.40. The quantitative estimate of drug-likeness (QED) is 0.789. The molecule has 1 N–H and O–H groups in total. The fraction of sp³-hybridized carbons (Fsp3) is 0.588. The highest BCUT2D eigenvalue weighted by Gasteiger charge is 2.25. The molecule has 1 aliphatic rings. The molecule has 8 heteroatoms. The van der Waals surface area contributed by atoms with Gasteiger partial charge in [-0.3, -0.25) is 4.79 Å². The standard InChI is InChI=1S/C17H26N2O5S/c1-4-13(5-2)18-25(21,22)14-6-7-16(23-3)15(12-14)17(20)19-8-10-24-11-9-19/h6-7,12-13,18H,4-5,8-11H2,1-3H3. The molecule has 0 radical (unpaired) electrons. The van der Waals surface area contributed by atoms with Crippen molar-refractivity contribution in [3.63, 3.8) is 0 Å². The average molecular weight is 370 g/mol. The second-order valence-corrected chi connectivity index (χ2v) is 7.62. The maximum atomic E-state index is 12.8. The molecule has 1 fully saturated rings. The summed E-state index contributed by atoms with van der Waals surface area (Å²) in [5.74, 6) is 0.109. The number of carbonyl (C=O) groups excluding carboxylic acids is 1. The van der Waals surface area contributed by atoms with Crippen molar-refractivity contribution >= 4 is 15.9 Å². The number of ether oxygens (including phenoxy) is 2. The van der Waals surface area contributed by atoms with E-state index in [4.69, 9.17) is 9.47 Å². The lowest BCUT2D eigenvalue weighted by Gasteiger charge is -2.27. The minimum atomic E-state index is -3.70. The lowest BCUT2D eigenvalue weighted by atomic mass is 10.1. The zero-order valence-corrected chi connectivity index (χ0v) is 15.8. The Morgan fingerprint density at radius 1 is 1.28 bits per heavy atom. The maximum absolute atomic E-state index is 12.8. The number of nitrogens with zero attached hydrogens (tertiary/aromatic N) is 1. The van der Waals surface area contributed by atoms with Crippen LogP contribution < -0.4 is 9.46 Å². The molecular formula is C17H26N2O5S. The molecule has 0 saturated carbocycles. The van der Waals surface area contributed by atoms with Crippen molar-refractivity contribution in [3.05, 3.63) is 23.8 Å². The molecule has 0 spiro atoms. The molecule has 1 aromatic rings. The van der Waals surface area contributed by atoms with Crippen molar-refractivity contribution in [2.75, 3.05) is 33.4 Å². The van der Waals surface area contributed by atoms with E-state index in [9.17, 15) is 13.2 Å². The minimum absolute atomic E-state index is 0.0665. The van der Waals surface area contributed by atoms with Crippen molar-refractivity contribution in [1.82, 2.24) is 9.62 Å². The zero-order chi connectivity index (χ0) is 18.4. The van der Waals surface area contributed by atoms with Crippen LogP contribution in [0.1, 0.15) is 37.0 Å². The minimum Gasteiger partial charge on any atom is -0.496 e. The second kappa shape index (κ2) is 8.64. The Kier molecular flexibility index (Phi) is 6.80. The fourth-order valence-electron chi connectivity index (χ4n) is 2.70. The molecule has 1 heterocycles. The molecule has 0 bridgehead atoms. The number of carbonyl (C=O) groups is 1. The molecule has 0 atom stereocenters. The molecular weight excluding hydrogens is 344 g/mol. The van der Waals surface area contributed by atoms with Gasteiger partial charge in [0.15, 0.2) is 0 Å². The zero-order valence-electron chi connectivity index (χ0n) is 14.9. The molecule has 1 amide bonds. The summed E-state index contributed by atoms with van der Waals surface area (Å²) in [5.41, 5.74) is 0.247. The summed E-state index contributed by atoms with van der Waals surface area (Å²) in [5, 5.41) is 0. The van der Waals surface area contributed by atoms with Gasteiger partial charge in [0.05, 0.1) is 30.8 Å². The van der Waals surface area contributed by atoms with E-state index in [1.165, 1.54) is 25.3 Å². The number of hydrogen-bond acceptors (Lipinski definition) is 5. The second-order valence-electron chi connectivity index (χ2n) is 5.90. The molecule has 0 aliphatic carbocycles. The first-order valence-electron chi connectivity index (χ1n) is 8.50. The van der Waals surface area contributed by atoms with E-state index >= 15 is 0 Å². The van der Waals surface area contributed by atoms with Gasteiger partial charge in [0.25, 0.3) is 5.91 Å². The van der Waals surface area contributed by atoms with Gasteiger partial charge in [0.2, 0.25) is 10.0 Å². The first kappa shape index (κ1) is 19.7.